The summed E-state index contributed by atoms with van der Waals surface area (Å²) in [6, 6.07) is 20.6. The van der Waals surface area contributed by atoms with Crippen molar-refractivity contribution in [1.82, 2.24) is 9.80 Å². The molecule has 1 aliphatic carbocycles. The Morgan fingerprint density at radius 1 is 0.942 bits per heavy atom. The minimum Gasteiger partial charge on any atom is -0.481 e. The molecule has 4 aromatic rings. The van der Waals surface area contributed by atoms with E-state index >= 15 is 4.39 Å². The first kappa shape index (κ1) is 36.5. The number of carbonyl (C=O) groups is 3. The number of hydrogen-bond acceptors (Lipinski definition) is 6. The first-order valence-electron chi connectivity index (χ1n) is 18.4. The lowest BCUT2D eigenvalue weighted by Gasteiger charge is -2.34. The van der Waals surface area contributed by atoms with E-state index in [0.29, 0.717) is 56.2 Å². The Labute approximate surface area is 312 Å². The molecule has 3 aliphatic rings. The number of rotatable bonds is 11. The molecule has 1 aromatic heterocycles. The van der Waals surface area contributed by atoms with Crippen molar-refractivity contribution in [1.29, 1.82) is 0 Å². The maximum absolute atomic E-state index is 15.6. The van der Waals surface area contributed by atoms with Crippen LogP contribution in [0.1, 0.15) is 66.4 Å². The third-order valence-electron chi connectivity index (χ3n) is 11.3. The SMILES string of the molecule is O=C(Nc1cc(F)c(CC(=O)N2C[C@@H](C3CCN(Cc4ccccc4)CC3)C[C@H]2COC2CCC(C(=O)O)CC2)cc1Cl)c1csc2ccccc12. The second-order valence-electron chi connectivity index (χ2n) is 14.6. The molecule has 0 spiro atoms. The number of aliphatic carboxylic acids is 1. The van der Waals surface area contributed by atoms with Gasteiger partial charge in [-0.3, -0.25) is 19.3 Å². The van der Waals surface area contributed by atoms with Crippen LogP contribution in [-0.2, 0) is 27.3 Å². The number of carboxylic acids is 1. The van der Waals surface area contributed by atoms with Crippen molar-refractivity contribution in [3.8, 4) is 0 Å². The summed E-state index contributed by atoms with van der Waals surface area (Å²) in [5.41, 5.74) is 2.13. The summed E-state index contributed by atoms with van der Waals surface area (Å²) in [7, 11) is 0. The smallest absolute Gasteiger partial charge is 0.306 e. The van der Waals surface area contributed by atoms with Crippen LogP contribution in [0.2, 0.25) is 5.02 Å². The third-order valence-corrected chi connectivity index (χ3v) is 12.6. The molecule has 0 bridgehead atoms. The number of nitrogens with one attached hydrogen (secondary N) is 1. The largest absolute Gasteiger partial charge is 0.481 e. The number of fused-ring (bicyclic) bond motifs is 1. The quantitative estimate of drug-likeness (QED) is 0.160. The first-order chi connectivity index (χ1) is 25.2. The highest BCUT2D eigenvalue weighted by molar-refractivity contribution is 7.17. The van der Waals surface area contributed by atoms with Gasteiger partial charge >= 0.3 is 5.97 Å². The zero-order valence-corrected chi connectivity index (χ0v) is 30.7. The lowest BCUT2D eigenvalue weighted by molar-refractivity contribution is -0.144. The number of thiophene rings is 1. The average Bonchev–Trinajstić information content (AvgIpc) is 3.79. The van der Waals surface area contributed by atoms with E-state index < -0.39 is 11.8 Å². The topological polar surface area (TPSA) is 99.2 Å². The maximum Gasteiger partial charge on any atom is 0.306 e. The van der Waals surface area contributed by atoms with Gasteiger partial charge in [-0.1, -0.05) is 60.1 Å². The van der Waals surface area contributed by atoms with Gasteiger partial charge in [0.2, 0.25) is 5.91 Å². The summed E-state index contributed by atoms with van der Waals surface area (Å²) >= 11 is 8.05. The molecule has 1 saturated carbocycles. The van der Waals surface area contributed by atoms with Crippen molar-refractivity contribution in [2.45, 2.75) is 70.1 Å². The molecule has 2 N–H and O–H groups in total. The molecule has 274 valence electrons. The number of likely N-dealkylation sites (tertiary alicyclic amines) is 2. The molecule has 7 rings (SSSR count). The average molecular weight is 746 g/mol. The van der Waals surface area contributed by atoms with Crippen LogP contribution >= 0.6 is 22.9 Å². The number of carbonyl (C=O) groups excluding carboxylic acids is 2. The predicted molar refractivity (Wildman–Crippen MR) is 202 cm³/mol. The van der Waals surface area contributed by atoms with Crippen molar-refractivity contribution in [3.05, 3.63) is 99.6 Å². The number of carboxylic acid groups (broad SMARTS) is 1. The molecular formula is C41H45ClFN3O5S. The Hall–Kier alpha value is -3.83. The number of nitrogens with zero attached hydrogens (tertiary/aromatic N) is 2. The minimum absolute atomic E-state index is 0.0288. The molecule has 0 unspecified atom stereocenters. The van der Waals surface area contributed by atoms with Crippen LogP contribution in [0.15, 0.2) is 72.1 Å². The van der Waals surface area contributed by atoms with Gasteiger partial charge in [0.05, 0.1) is 47.4 Å². The van der Waals surface area contributed by atoms with E-state index in [4.69, 9.17) is 16.3 Å². The highest BCUT2D eigenvalue weighted by Crippen LogP contribution is 2.37. The second-order valence-corrected chi connectivity index (χ2v) is 16.0. The molecule has 3 fully saturated rings. The van der Waals surface area contributed by atoms with Crippen molar-refractivity contribution >= 4 is 56.5 Å². The Bertz CT molecular complexity index is 1890. The highest BCUT2D eigenvalue weighted by atomic mass is 35.5. The number of amides is 2. The van der Waals surface area contributed by atoms with E-state index in [-0.39, 0.29) is 52.6 Å². The van der Waals surface area contributed by atoms with E-state index in [9.17, 15) is 19.5 Å². The van der Waals surface area contributed by atoms with Crippen LogP contribution < -0.4 is 5.32 Å². The van der Waals surface area contributed by atoms with Crippen LogP contribution in [-0.4, -0.2) is 71.1 Å². The van der Waals surface area contributed by atoms with E-state index in [1.807, 2.05) is 35.2 Å². The van der Waals surface area contributed by atoms with Gasteiger partial charge in [-0.05, 0) is 99.2 Å². The van der Waals surface area contributed by atoms with Crippen molar-refractivity contribution in [2.75, 3.05) is 31.6 Å². The Morgan fingerprint density at radius 2 is 1.67 bits per heavy atom. The molecule has 2 amide bonds. The second kappa shape index (κ2) is 16.5. The number of ether oxygens (including phenoxy) is 1. The molecule has 2 saturated heterocycles. The van der Waals surface area contributed by atoms with Crippen molar-refractivity contribution in [3.63, 3.8) is 0 Å². The van der Waals surface area contributed by atoms with Crippen molar-refractivity contribution in [2.24, 2.45) is 17.8 Å². The lowest BCUT2D eigenvalue weighted by atomic mass is 9.83. The Kier molecular flexibility index (Phi) is 11.6. The molecule has 2 aliphatic heterocycles. The van der Waals surface area contributed by atoms with Crippen LogP contribution in [0.5, 0.6) is 0 Å². The summed E-state index contributed by atoms with van der Waals surface area (Å²) in [6.45, 7) is 3.92. The van der Waals surface area contributed by atoms with Gasteiger partial charge in [-0.2, -0.15) is 0 Å². The van der Waals surface area contributed by atoms with Gasteiger partial charge in [-0.25, -0.2) is 4.39 Å². The number of halogens is 2. The summed E-state index contributed by atoms with van der Waals surface area (Å²) in [5, 5.41) is 14.9. The zero-order valence-electron chi connectivity index (χ0n) is 29.1. The van der Waals surface area contributed by atoms with Crippen LogP contribution in [0.25, 0.3) is 10.1 Å². The fourth-order valence-corrected chi connectivity index (χ4v) is 9.51. The maximum atomic E-state index is 15.6. The van der Waals surface area contributed by atoms with Gasteiger partial charge < -0.3 is 20.1 Å². The van der Waals surface area contributed by atoms with Gasteiger partial charge in [0, 0.05) is 28.6 Å². The Balaban J connectivity index is 1.01. The summed E-state index contributed by atoms with van der Waals surface area (Å²) in [5.74, 6) is -1.43. The number of benzene rings is 3. The standard InChI is InChI=1S/C41H45ClFN3O5S/c42-35-19-29(36(43)21-37(35)44-40(48)34-25-52-38-9-5-4-8-33(34)38)20-39(47)46-23-30(18-31(46)24-51-32-12-10-28(11-13-32)41(49)50)27-14-16-45(17-15-27)22-26-6-2-1-3-7-26/h1-9,19,21,25,27-28,30-32H,10-18,20,22-24H2,(H,44,48)(H,49,50)/t28?,30-,31-,32?/m0/s1. The summed E-state index contributed by atoms with van der Waals surface area (Å²) in [6.07, 6.45) is 5.33. The van der Waals surface area contributed by atoms with Crippen molar-refractivity contribution < 1.29 is 28.6 Å². The van der Waals surface area contributed by atoms with Gasteiger partial charge in [0.25, 0.3) is 5.91 Å². The zero-order chi connectivity index (χ0) is 36.2. The number of piperidine rings is 1. The molecule has 0 radical (unpaired) electrons. The molecule has 2 atom stereocenters. The molecule has 8 nitrogen and oxygen atoms in total. The van der Waals surface area contributed by atoms with E-state index in [1.165, 1.54) is 29.0 Å². The predicted octanol–water partition coefficient (Wildman–Crippen LogP) is 8.28. The van der Waals surface area contributed by atoms with E-state index in [1.54, 1.807) is 5.38 Å². The molecule has 3 heterocycles. The fraction of sp³-hybridized carbons (Fsp3) is 0.439. The third kappa shape index (κ3) is 8.52. The minimum atomic E-state index is -0.748. The van der Waals surface area contributed by atoms with Crippen LogP contribution in [0.3, 0.4) is 0 Å². The lowest BCUT2D eigenvalue weighted by Crippen LogP contribution is -2.41. The van der Waals surface area contributed by atoms with Crippen LogP contribution in [0.4, 0.5) is 10.1 Å². The molecular weight excluding hydrogens is 701 g/mol. The first-order valence-corrected chi connectivity index (χ1v) is 19.6. The van der Waals surface area contributed by atoms with Gasteiger partial charge in [-0.15, -0.1) is 11.3 Å². The van der Waals surface area contributed by atoms with Gasteiger partial charge in [0.15, 0.2) is 0 Å². The van der Waals surface area contributed by atoms with Gasteiger partial charge in [0.1, 0.15) is 5.82 Å². The summed E-state index contributed by atoms with van der Waals surface area (Å²) < 4.78 is 23.0. The molecule has 52 heavy (non-hydrogen) atoms. The van der Waals surface area contributed by atoms with Crippen LogP contribution in [0, 0.1) is 23.6 Å². The number of anilines is 1. The highest BCUT2D eigenvalue weighted by Gasteiger charge is 2.40. The number of hydrogen-bond donors (Lipinski definition) is 2. The molecule has 3 aromatic carbocycles. The monoisotopic (exact) mass is 745 g/mol. The fourth-order valence-electron chi connectivity index (χ4n) is 8.33. The normalized spacial score (nSPS) is 22.8. The van der Waals surface area contributed by atoms with E-state index in [2.05, 4.69) is 34.5 Å². The van der Waals surface area contributed by atoms with E-state index in [0.717, 1.165) is 49.0 Å². The summed E-state index contributed by atoms with van der Waals surface area (Å²) in [4.78, 5) is 43.0. The Morgan fingerprint density at radius 3 is 2.42 bits per heavy atom. The molecule has 11 heteroatoms.